The summed E-state index contributed by atoms with van der Waals surface area (Å²) in [7, 11) is 0. The van der Waals surface area contributed by atoms with E-state index in [4.69, 9.17) is 10.00 Å². The monoisotopic (exact) mass is 249 g/mol. The highest BCUT2D eigenvalue weighted by molar-refractivity contribution is 5.89. The zero-order chi connectivity index (χ0) is 13.5. The Morgan fingerprint density at radius 3 is 2.83 bits per heavy atom. The Kier molecular flexibility index (Phi) is 4.93. The summed E-state index contributed by atoms with van der Waals surface area (Å²) in [5.74, 6) is -0.713. The quantitative estimate of drug-likeness (QED) is 0.760. The Balaban J connectivity index is 2.34. The van der Waals surface area contributed by atoms with Gasteiger partial charge in [0.25, 0.3) is 0 Å². The molecule has 0 aliphatic heterocycles. The second-order valence-corrected chi connectivity index (χ2v) is 4.02. The summed E-state index contributed by atoms with van der Waals surface area (Å²) in [5.41, 5.74) is 0.565. The van der Waals surface area contributed by atoms with Crippen molar-refractivity contribution >= 4 is 11.9 Å². The molecule has 1 amide bonds. The van der Waals surface area contributed by atoms with Gasteiger partial charge in [0.2, 0.25) is 5.91 Å². The molecule has 0 saturated heterocycles. The van der Waals surface area contributed by atoms with Crippen molar-refractivity contribution in [3.05, 3.63) is 23.5 Å². The van der Waals surface area contributed by atoms with Crippen molar-refractivity contribution < 1.29 is 14.3 Å². The van der Waals surface area contributed by atoms with Gasteiger partial charge in [-0.05, 0) is 19.9 Å². The molecule has 18 heavy (non-hydrogen) atoms. The van der Waals surface area contributed by atoms with Crippen LogP contribution in [0.5, 0.6) is 0 Å². The van der Waals surface area contributed by atoms with Gasteiger partial charge in [-0.15, -0.1) is 0 Å². The zero-order valence-electron chi connectivity index (χ0n) is 10.3. The maximum Gasteiger partial charge on any atom is 0.339 e. The number of esters is 1. The maximum absolute atomic E-state index is 11.5. The van der Waals surface area contributed by atoms with Crippen LogP contribution in [0.15, 0.2) is 12.3 Å². The number of carbonyl (C=O) groups excluding carboxylic acids is 2. The number of carbonyl (C=O) groups is 2. The van der Waals surface area contributed by atoms with Crippen LogP contribution < -0.4 is 5.32 Å². The van der Waals surface area contributed by atoms with Crippen molar-refractivity contribution in [1.29, 1.82) is 5.26 Å². The number of rotatable bonds is 5. The van der Waals surface area contributed by atoms with E-state index >= 15 is 0 Å². The van der Waals surface area contributed by atoms with Crippen molar-refractivity contribution in [2.24, 2.45) is 0 Å². The van der Waals surface area contributed by atoms with Gasteiger partial charge in [-0.25, -0.2) is 4.79 Å². The van der Waals surface area contributed by atoms with Crippen molar-refractivity contribution in [3.63, 3.8) is 0 Å². The highest BCUT2D eigenvalue weighted by atomic mass is 16.5. The van der Waals surface area contributed by atoms with E-state index in [1.807, 2.05) is 19.9 Å². The first kappa shape index (κ1) is 13.8. The highest BCUT2D eigenvalue weighted by Gasteiger charge is 2.11. The molecular weight excluding hydrogens is 234 g/mol. The summed E-state index contributed by atoms with van der Waals surface area (Å²) in [6.45, 7) is 3.73. The van der Waals surface area contributed by atoms with E-state index in [2.05, 4.69) is 10.3 Å². The summed E-state index contributed by atoms with van der Waals surface area (Å²) in [4.78, 5) is 25.4. The normalized spacial score (nSPS) is 9.89. The highest BCUT2D eigenvalue weighted by Crippen LogP contribution is 2.04. The fourth-order valence-corrected chi connectivity index (χ4v) is 1.29. The summed E-state index contributed by atoms with van der Waals surface area (Å²) in [5, 5.41) is 11.3. The van der Waals surface area contributed by atoms with E-state index in [0.717, 1.165) is 0 Å². The SMILES string of the molecule is CC(C)NC(=O)CCOC(=O)c1c[nH]c(C#N)c1. The van der Waals surface area contributed by atoms with Gasteiger partial charge < -0.3 is 15.0 Å². The Morgan fingerprint density at radius 1 is 1.56 bits per heavy atom. The number of nitrogens with one attached hydrogen (secondary N) is 2. The lowest BCUT2D eigenvalue weighted by molar-refractivity contribution is -0.122. The molecule has 1 heterocycles. The van der Waals surface area contributed by atoms with Gasteiger partial charge in [0.1, 0.15) is 18.4 Å². The number of aromatic nitrogens is 1. The molecule has 1 rings (SSSR count). The van der Waals surface area contributed by atoms with Crippen molar-refractivity contribution in [3.8, 4) is 6.07 Å². The molecule has 96 valence electrons. The molecule has 1 aromatic heterocycles. The molecular formula is C12H15N3O3. The molecule has 0 aliphatic carbocycles. The summed E-state index contributed by atoms with van der Waals surface area (Å²) >= 11 is 0. The second-order valence-electron chi connectivity index (χ2n) is 4.02. The van der Waals surface area contributed by atoms with Crippen LogP contribution in [0.25, 0.3) is 0 Å². The Bertz CT molecular complexity index is 471. The van der Waals surface area contributed by atoms with Crippen LogP contribution in [0.2, 0.25) is 0 Å². The van der Waals surface area contributed by atoms with Gasteiger partial charge in [-0.2, -0.15) is 5.26 Å². The standard InChI is InChI=1S/C12H15N3O3/c1-8(2)15-11(16)3-4-18-12(17)9-5-10(6-13)14-7-9/h5,7-8,14H,3-4H2,1-2H3,(H,15,16). The number of nitrogens with zero attached hydrogens (tertiary/aromatic N) is 1. The summed E-state index contributed by atoms with van der Waals surface area (Å²) in [6, 6.07) is 3.34. The predicted molar refractivity (Wildman–Crippen MR) is 63.7 cm³/mol. The van der Waals surface area contributed by atoms with Crippen LogP contribution >= 0.6 is 0 Å². The third kappa shape index (κ3) is 4.29. The molecule has 6 nitrogen and oxygen atoms in total. The van der Waals surface area contributed by atoms with Crippen LogP contribution in [-0.4, -0.2) is 29.5 Å². The van der Waals surface area contributed by atoms with Gasteiger partial charge in [0.15, 0.2) is 0 Å². The van der Waals surface area contributed by atoms with Crippen LogP contribution in [0.4, 0.5) is 0 Å². The van der Waals surface area contributed by atoms with Crippen LogP contribution in [0.1, 0.15) is 36.3 Å². The molecule has 0 saturated carbocycles. The van der Waals surface area contributed by atoms with E-state index in [0.29, 0.717) is 5.69 Å². The molecule has 0 fully saturated rings. The van der Waals surface area contributed by atoms with E-state index in [-0.39, 0.29) is 30.5 Å². The van der Waals surface area contributed by atoms with Crippen molar-refractivity contribution in [1.82, 2.24) is 10.3 Å². The average Bonchev–Trinajstić information content (AvgIpc) is 2.76. The first-order chi connectivity index (χ1) is 8.52. The molecule has 0 bridgehead atoms. The smallest absolute Gasteiger partial charge is 0.339 e. The van der Waals surface area contributed by atoms with E-state index in [1.165, 1.54) is 12.3 Å². The topological polar surface area (TPSA) is 95.0 Å². The number of hydrogen-bond acceptors (Lipinski definition) is 4. The summed E-state index contributed by atoms with van der Waals surface area (Å²) in [6.07, 6.45) is 1.52. The largest absolute Gasteiger partial charge is 0.462 e. The molecule has 0 atom stereocenters. The van der Waals surface area contributed by atoms with Gasteiger partial charge in [0.05, 0.1) is 12.0 Å². The maximum atomic E-state index is 11.5. The average molecular weight is 249 g/mol. The molecule has 1 aromatic rings. The van der Waals surface area contributed by atoms with Gasteiger partial charge in [0, 0.05) is 12.2 Å². The molecule has 0 aromatic carbocycles. The van der Waals surface area contributed by atoms with Gasteiger partial charge in [-0.1, -0.05) is 0 Å². The minimum atomic E-state index is -0.551. The molecule has 0 aliphatic rings. The van der Waals surface area contributed by atoms with Crippen molar-refractivity contribution in [2.75, 3.05) is 6.61 Å². The minimum absolute atomic E-state index is 0.0183. The lowest BCUT2D eigenvalue weighted by Gasteiger charge is -2.08. The van der Waals surface area contributed by atoms with E-state index < -0.39 is 5.97 Å². The van der Waals surface area contributed by atoms with E-state index in [9.17, 15) is 9.59 Å². The minimum Gasteiger partial charge on any atom is -0.462 e. The lowest BCUT2D eigenvalue weighted by atomic mass is 10.3. The third-order valence-electron chi connectivity index (χ3n) is 2.05. The Morgan fingerprint density at radius 2 is 2.28 bits per heavy atom. The predicted octanol–water partition coefficient (Wildman–Crippen LogP) is 0.958. The number of H-pyrrole nitrogens is 1. The fraction of sp³-hybridized carbons (Fsp3) is 0.417. The second kappa shape index (κ2) is 6.45. The number of nitriles is 1. The van der Waals surface area contributed by atoms with Crippen LogP contribution in [0.3, 0.4) is 0 Å². The lowest BCUT2D eigenvalue weighted by Crippen LogP contribution is -2.31. The summed E-state index contributed by atoms with van der Waals surface area (Å²) < 4.78 is 4.91. The Labute approximate surface area is 105 Å². The van der Waals surface area contributed by atoms with E-state index in [1.54, 1.807) is 0 Å². The first-order valence-corrected chi connectivity index (χ1v) is 5.58. The number of hydrogen-bond donors (Lipinski definition) is 2. The van der Waals surface area contributed by atoms with Gasteiger partial charge in [-0.3, -0.25) is 4.79 Å². The molecule has 0 radical (unpaired) electrons. The van der Waals surface area contributed by atoms with Gasteiger partial charge >= 0.3 is 5.97 Å². The van der Waals surface area contributed by atoms with Crippen LogP contribution in [-0.2, 0) is 9.53 Å². The fourth-order valence-electron chi connectivity index (χ4n) is 1.29. The third-order valence-corrected chi connectivity index (χ3v) is 2.05. The molecule has 6 heteroatoms. The van der Waals surface area contributed by atoms with Crippen LogP contribution in [0, 0.1) is 11.3 Å². The molecule has 2 N–H and O–H groups in total. The number of amides is 1. The first-order valence-electron chi connectivity index (χ1n) is 5.58. The Hall–Kier alpha value is -2.29. The zero-order valence-corrected chi connectivity index (χ0v) is 10.3. The number of aromatic amines is 1. The molecule has 0 unspecified atom stereocenters. The molecule has 0 spiro atoms. The number of ether oxygens (including phenoxy) is 1. The van der Waals surface area contributed by atoms with Crippen molar-refractivity contribution in [2.45, 2.75) is 26.3 Å².